The minimum atomic E-state index is 0.746. The average molecular weight is 290 g/mol. The highest BCUT2D eigenvalue weighted by atomic mass is 16.5. The number of methoxy groups -OCH3 is 1. The van der Waals surface area contributed by atoms with Gasteiger partial charge in [0.2, 0.25) is 0 Å². The van der Waals surface area contributed by atoms with Crippen molar-refractivity contribution in [3.8, 4) is 0 Å². The van der Waals surface area contributed by atoms with Crippen LogP contribution in [0.5, 0.6) is 0 Å². The molecule has 0 saturated carbocycles. The molecule has 0 aliphatic heterocycles. The van der Waals surface area contributed by atoms with E-state index in [4.69, 9.17) is 9.47 Å². The Morgan fingerprint density at radius 2 is 2.05 bits per heavy atom. The van der Waals surface area contributed by atoms with E-state index in [1.165, 1.54) is 16.5 Å². The maximum Gasteiger partial charge on any atom is 0.0645 e. The summed E-state index contributed by atoms with van der Waals surface area (Å²) in [6.45, 7) is 7.17. The van der Waals surface area contributed by atoms with E-state index in [1.54, 1.807) is 7.11 Å². The van der Waals surface area contributed by atoms with Crippen molar-refractivity contribution < 1.29 is 9.47 Å². The van der Waals surface area contributed by atoms with Gasteiger partial charge in [-0.1, -0.05) is 13.0 Å². The lowest BCUT2D eigenvalue weighted by Crippen LogP contribution is -2.18. The Kier molecular flexibility index (Phi) is 6.73. The molecular formula is C17H26N2O2. The van der Waals surface area contributed by atoms with Crippen molar-refractivity contribution in [3.63, 3.8) is 0 Å². The molecule has 0 spiro atoms. The monoisotopic (exact) mass is 290 g/mol. The molecule has 0 aliphatic carbocycles. The average Bonchev–Trinajstić information content (AvgIpc) is 2.91. The van der Waals surface area contributed by atoms with Gasteiger partial charge in [-0.2, -0.15) is 0 Å². The summed E-state index contributed by atoms with van der Waals surface area (Å²) in [5, 5.41) is 4.66. The lowest BCUT2D eigenvalue weighted by Gasteiger charge is -2.08. The summed E-state index contributed by atoms with van der Waals surface area (Å²) in [6, 6.07) is 8.81. The van der Waals surface area contributed by atoms with Crippen LogP contribution in [0.1, 0.15) is 18.9 Å². The van der Waals surface area contributed by atoms with E-state index in [0.717, 1.165) is 45.9 Å². The molecule has 0 bridgehead atoms. The number of hydrogen-bond donors (Lipinski definition) is 1. The third-order valence-electron chi connectivity index (χ3n) is 3.47. The van der Waals surface area contributed by atoms with Crippen molar-refractivity contribution in [2.75, 3.05) is 33.5 Å². The Bertz CT molecular complexity index is 537. The lowest BCUT2D eigenvalue weighted by molar-refractivity contribution is 0.127. The molecule has 0 aliphatic rings. The van der Waals surface area contributed by atoms with Crippen LogP contribution in [0, 0.1) is 0 Å². The Labute approximate surface area is 127 Å². The maximum atomic E-state index is 5.56. The Hall–Kier alpha value is -1.36. The minimum Gasteiger partial charge on any atom is -0.383 e. The first-order valence-corrected chi connectivity index (χ1v) is 7.70. The van der Waals surface area contributed by atoms with Crippen LogP contribution in [0.25, 0.3) is 10.9 Å². The van der Waals surface area contributed by atoms with Gasteiger partial charge in [0.1, 0.15) is 0 Å². The van der Waals surface area contributed by atoms with Crippen molar-refractivity contribution in [3.05, 3.63) is 36.0 Å². The van der Waals surface area contributed by atoms with Crippen LogP contribution in [0.3, 0.4) is 0 Å². The van der Waals surface area contributed by atoms with Gasteiger partial charge < -0.3 is 19.4 Å². The summed E-state index contributed by atoms with van der Waals surface area (Å²) in [4.78, 5) is 0. The van der Waals surface area contributed by atoms with E-state index in [2.05, 4.69) is 47.3 Å². The molecular weight excluding hydrogens is 264 g/mol. The van der Waals surface area contributed by atoms with Gasteiger partial charge in [-0.15, -0.1) is 0 Å². The molecule has 116 valence electrons. The van der Waals surface area contributed by atoms with Gasteiger partial charge in [0.15, 0.2) is 0 Å². The van der Waals surface area contributed by atoms with Crippen molar-refractivity contribution in [2.45, 2.75) is 26.4 Å². The zero-order valence-electron chi connectivity index (χ0n) is 13.1. The largest absolute Gasteiger partial charge is 0.383 e. The highest BCUT2D eigenvalue weighted by molar-refractivity contribution is 5.80. The van der Waals surface area contributed by atoms with Crippen LogP contribution < -0.4 is 5.32 Å². The number of aromatic nitrogens is 1. The molecule has 21 heavy (non-hydrogen) atoms. The van der Waals surface area contributed by atoms with Crippen LogP contribution in [-0.2, 0) is 22.6 Å². The van der Waals surface area contributed by atoms with Crippen LogP contribution in [-0.4, -0.2) is 38.0 Å². The van der Waals surface area contributed by atoms with Crippen LogP contribution in [0.15, 0.2) is 30.5 Å². The van der Waals surface area contributed by atoms with E-state index in [1.807, 2.05) is 0 Å². The predicted octanol–water partition coefficient (Wildman–Crippen LogP) is 2.80. The zero-order valence-corrected chi connectivity index (χ0v) is 13.1. The normalized spacial score (nSPS) is 11.3. The van der Waals surface area contributed by atoms with Crippen molar-refractivity contribution in [2.24, 2.45) is 0 Å². The second kappa shape index (κ2) is 8.82. The molecule has 2 aromatic rings. The third-order valence-corrected chi connectivity index (χ3v) is 3.47. The number of hydrogen-bond acceptors (Lipinski definition) is 3. The van der Waals surface area contributed by atoms with Gasteiger partial charge in [0.25, 0.3) is 0 Å². The Morgan fingerprint density at radius 1 is 1.14 bits per heavy atom. The molecule has 1 aromatic carbocycles. The molecule has 0 fully saturated rings. The topological polar surface area (TPSA) is 35.4 Å². The van der Waals surface area contributed by atoms with E-state index in [0.29, 0.717) is 0 Å². The predicted molar refractivity (Wildman–Crippen MR) is 86.6 cm³/mol. The van der Waals surface area contributed by atoms with Crippen molar-refractivity contribution >= 4 is 10.9 Å². The number of rotatable bonds is 10. The van der Waals surface area contributed by atoms with E-state index < -0.39 is 0 Å². The van der Waals surface area contributed by atoms with Crippen LogP contribution in [0.4, 0.5) is 0 Å². The van der Waals surface area contributed by atoms with Crippen molar-refractivity contribution in [1.29, 1.82) is 0 Å². The molecule has 1 heterocycles. The second-order valence-corrected chi connectivity index (χ2v) is 5.18. The highest BCUT2D eigenvalue weighted by Gasteiger charge is 2.02. The number of benzene rings is 1. The summed E-state index contributed by atoms with van der Waals surface area (Å²) in [7, 11) is 1.72. The SMILES string of the molecule is CCCOCCn1ccc2cc(CNCCOC)ccc21. The van der Waals surface area contributed by atoms with Gasteiger partial charge in [-0.3, -0.25) is 0 Å². The fourth-order valence-electron chi connectivity index (χ4n) is 2.37. The maximum absolute atomic E-state index is 5.56. The molecule has 1 aromatic heterocycles. The Morgan fingerprint density at radius 3 is 2.86 bits per heavy atom. The number of fused-ring (bicyclic) bond motifs is 1. The van der Waals surface area contributed by atoms with Crippen LogP contribution >= 0.6 is 0 Å². The summed E-state index contributed by atoms with van der Waals surface area (Å²) >= 11 is 0. The molecule has 1 N–H and O–H groups in total. The summed E-state index contributed by atoms with van der Waals surface area (Å²) in [5.74, 6) is 0. The van der Waals surface area contributed by atoms with E-state index >= 15 is 0 Å². The van der Waals surface area contributed by atoms with Gasteiger partial charge in [0, 0.05) is 45.1 Å². The van der Waals surface area contributed by atoms with Crippen LogP contribution in [0.2, 0.25) is 0 Å². The fraction of sp³-hybridized carbons (Fsp3) is 0.529. The minimum absolute atomic E-state index is 0.746. The van der Waals surface area contributed by atoms with Crippen molar-refractivity contribution in [1.82, 2.24) is 9.88 Å². The lowest BCUT2D eigenvalue weighted by atomic mass is 10.1. The molecule has 4 nitrogen and oxygen atoms in total. The first kappa shape index (κ1) is 16.0. The summed E-state index contributed by atoms with van der Waals surface area (Å²) in [6.07, 6.45) is 3.22. The molecule has 4 heteroatoms. The molecule has 0 amide bonds. The number of nitrogens with one attached hydrogen (secondary N) is 1. The van der Waals surface area contributed by atoms with Gasteiger partial charge >= 0.3 is 0 Å². The summed E-state index contributed by atoms with van der Waals surface area (Å²) < 4.78 is 12.8. The first-order chi connectivity index (χ1) is 10.3. The van der Waals surface area contributed by atoms with Gasteiger partial charge in [0.05, 0.1) is 13.2 Å². The summed E-state index contributed by atoms with van der Waals surface area (Å²) in [5.41, 5.74) is 2.58. The van der Waals surface area contributed by atoms with E-state index in [-0.39, 0.29) is 0 Å². The number of ether oxygens (including phenoxy) is 2. The number of nitrogens with zero attached hydrogens (tertiary/aromatic N) is 1. The molecule has 2 rings (SSSR count). The molecule has 0 atom stereocenters. The second-order valence-electron chi connectivity index (χ2n) is 5.18. The molecule has 0 unspecified atom stereocenters. The fourth-order valence-corrected chi connectivity index (χ4v) is 2.37. The third kappa shape index (κ3) is 4.84. The molecule has 0 radical (unpaired) electrons. The van der Waals surface area contributed by atoms with E-state index in [9.17, 15) is 0 Å². The Balaban J connectivity index is 1.91. The zero-order chi connectivity index (χ0) is 14.9. The highest BCUT2D eigenvalue weighted by Crippen LogP contribution is 2.17. The van der Waals surface area contributed by atoms with Gasteiger partial charge in [-0.05, 0) is 35.6 Å². The smallest absolute Gasteiger partial charge is 0.0645 e. The quantitative estimate of drug-likeness (QED) is 0.683. The standard InChI is InChI=1S/C17H26N2O2/c1-3-10-21-12-9-19-8-6-16-13-15(4-5-17(16)19)14-18-7-11-20-2/h4-6,8,13,18H,3,7,9-12,14H2,1-2H3. The first-order valence-electron chi connectivity index (χ1n) is 7.70. The van der Waals surface area contributed by atoms with Gasteiger partial charge in [-0.25, -0.2) is 0 Å². The molecule has 0 saturated heterocycles.